The lowest BCUT2D eigenvalue weighted by Gasteiger charge is -2.20. The number of halogens is 3. The molecule has 0 aliphatic heterocycles. The zero-order chi connectivity index (χ0) is 27.0. The van der Waals surface area contributed by atoms with Gasteiger partial charge in [-0.2, -0.15) is 13.2 Å². The van der Waals surface area contributed by atoms with Gasteiger partial charge in [0.25, 0.3) is 5.91 Å². The fraction of sp³-hybridized carbons (Fsp3) is 0.259. The van der Waals surface area contributed by atoms with Crippen molar-refractivity contribution in [2.75, 3.05) is 13.4 Å². The first kappa shape index (κ1) is 28.1. The number of rotatable bonds is 10. The third kappa shape index (κ3) is 7.99. The monoisotopic (exact) mass is 533 g/mol. The Morgan fingerprint density at radius 1 is 0.892 bits per heavy atom. The maximum atomic E-state index is 12.9. The van der Waals surface area contributed by atoms with E-state index in [1.54, 1.807) is 24.3 Å². The summed E-state index contributed by atoms with van der Waals surface area (Å²) in [6.45, 7) is 0.0198. The molecule has 3 aromatic carbocycles. The smallest absolute Gasteiger partial charge is 0.416 e. The molecule has 0 aliphatic rings. The molecule has 0 heterocycles. The highest BCUT2D eigenvalue weighted by molar-refractivity contribution is 7.85. The third-order valence-corrected chi connectivity index (χ3v) is 6.72. The highest BCUT2D eigenvalue weighted by Gasteiger charge is 2.30. The molecular formula is C27H26F3NO5S. The van der Waals surface area contributed by atoms with Crippen LogP contribution in [0.5, 0.6) is 0 Å². The van der Waals surface area contributed by atoms with Crippen LogP contribution in [0.15, 0.2) is 78.9 Å². The van der Waals surface area contributed by atoms with Crippen LogP contribution in [0.3, 0.4) is 0 Å². The van der Waals surface area contributed by atoms with Crippen LogP contribution < -0.4 is 0 Å². The van der Waals surface area contributed by atoms with Crippen LogP contribution in [-0.2, 0) is 50.9 Å². The third-order valence-electron chi connectivity index (χ3n) is 5.56. The number of carbonyl (C=O) groups is 2. The van der Waals surface area contributed by atoms with Gasteiger partial charge in [0.05, 0.1) is 19.2 Å². The summed E-state index contributed by atoms with van der Waals surface area (Å²) in [5.74, 6) is -1.07. The summed E-state index contributed by atoms with van der Waals surface area (Å²) in [5.41, 5.74) is 1.45. The van der Waals surface area contributed by atoms with E-state index in [0.717, 1.165) is 22.8 Å². The minimum Gasteiger partial charge on any atom is -0.460 e. The van der Waals surface area contributed by atoms with Gasteiger partial charge in [-0.05, 0) is 47.4 Å². The molecule has 0 spiro atoms. The Labute approximate surface area is 215 Å². The van der Waals surface area contributed by atoms with Crippen molar-refractivity contribution in [1.82, 2.24) is 5.06 Å². The van der Waals surface area contributed by atoms with Crippen molar-refractivity contribution >= 4 is 22.7 Å². The number of esters is 1. The minimum atomic E-state index is -4.45. The number of ether oxygens (including phenoxy) is 1. The zero-order valence-corrected chi connectivity index (χ0v) is 21.1. The maximum absolute atomic E-state index is 12.9. The quantitative estimate of drug-likeness (QED) is 0.273. The number of amides is 1. The van der Waals surface area contributed by atoms with E-state index in [9.17, 15) is 27.0 Å². The molecule has 0 aliphatic carbocycles. The molecule has 0 fully saturated rings. The molecule has 2 unspecified atom stereocenters. The summed E-state index contributed by atoms with van der Waals surface area (Å²) in [7, 11) is -0.195. The van der Waals surface area contributed by atoms with Crippen LogP contribution in [0.2, 0.25) is 0 Å². The van der Waals surface area contributed by atoms with Crippen LogP contribution in [0.25, 0.3) is 0 Å². The van der Waals surface area contributed by atoms with Gasteiger partial charge in [-0.25, -0.2) is 5.06 Å². The predicted molar refractivity (Wildman–Crippen MR) is 133 cm³/mol. The van der Waals surface area contributed by atoms with Crippen molar-refractivity contribution in [1.29, 1.82) is 0 Å². The number of hydroxylamine groups is 2. The Morgan fingerprint density at radius 3 is 2.03 bits per heavy atom. The second kappa shape index (κ2) is 12.6. The average molecular weight is 534 g/mol. The number of hydrogen-bond donors (Lipinski definition) is 0. The first-order valence-electron chi connectivity index (χ1n) is 11.2. The molecule has 0 N–H and O–H groups in total. The predicted octanol–water partition coefficient (Wildman–Crippen LogP) is 4.94. The van der Waals surface area contributed by atoms with E-state index in [1.807, 2.05) is 30.3 Å². The number of benzene rings is 3. The Balaban J connectivity index is 1.63. The Kier molecular flexibility index (Phi) is 9.60. The van der Waals surface area contributed by atoms with Crippen LogP contribution in [0.4, 0.5) is 13.2 Å². The van der Waals surface area contributed by atoms with Crippen molar-refractivity contribution in [3.8, 4) is 0 Å². The summed E-state index contributed by atoms with van der Waals surface area (Å²) >= 11 is 0. The highest BCUT2D eigenvalue weighted by atomic mass is 32.2. The molecule has 196 valence electrons. The maximum Gasteiger partial charge on any atom is 0.416 e. The lowest BCUT2D eigenvalue weighted by Crippen LogP contribution is -2.30. The van der Waals surface area contributed by atoms with Crippen LogP contribution in [0, 0.1) is 0 Å². The van der Waals surface area contributed by atoms with Gasteiger partial charge in [-0.1, -0.05) is 54.6 Å². The van der Waals surface area contributed by atoms with E-state index >= 15 is 0 Å². The van der Waals surface area contributed by atoms with E-state index < -0.39 is 39.7 Å². The van der Waals surface area contributed by atoms with Crippen molar-refractivity contribution in [3.63, 3.8) is 0 Å². The largest absolute Gasteiger partial charge is 0.460 e. The zero-order valence-electron chi connectivity index (χ0n) is 20.2. The molecule has 10 heteroatoms. The van der Waals surface area contributed by atoms with Gasteiger partial charge >= 0.3 is 12.1 Å². The second-order valence-electron chi connectivity index (χ2n) is 8.20. The summed E-state index contributed by atoms with van der Waals surface area (Å²) in [4.78, 5) is 30.6. The van der Waals surface area contributed by atoms with Crippen LogP contribution >= 0.6 is 0 Å². The molecular weight excluding hydrogens is 507 g/mol. The Morgan fingerprint density at radius 2 is 1.49 bits per heavy atom. The van der Waals surface area contributed by atoms with Gasteiger partial charge < -0.3 is 4.74 Å². The molecule has 0 radical (unpaired) electrons. The first-order valence-corrected chi connectivity index (χ1v) is 12.8. The van der Waals surface area contributed by atoms with E-state index in [1.165, 1.54) is 25.5 Å². The number of alkyl halides is 3. The van der Waals surface area contributed by atoms with Crippen LogP contribution in [0.1, 0.15) is 32.6 Å². The van der Waals surface area contributed by atoms with Gasteiger partial charge in [0, 0.05) is 22.6 Å². The molecule has 3 rings (SSSR count). The van der Waals surface area contributed by atoms with Crippen molar-refractivity contribution in [3.05, 3.63) is 107 Å². The van der Waals surface area contributed by atoms with E-state index in [-0.39, 0.29) is 25.1 Å². The normalized spacial score (nSPS) is 13.0. The Hall–Kier alpha value is -3.50. The summed E-state index contributed by atoms with van der Waals surface area (Å²) in [6, 6.07) is 20.0. The topological polar surface area (TPSA) is 72.9 Å². The second-order valence-corrected chi connectivity index (χ2v) is 9.77. The minimum absolute atomic E-state index is 0.0562. The van der Waals surface area contributed by atoms with E-state index in [4.69, 9.17) is 9.57 Å². The molecule has 37 heavy (non-hydrogen) atoms. The average Bonchev–Trinajstić information content (AvgIpc) is 2.89. The van der Waals surface area contributed by atoms with E-state index in [2.05, 4.69) is 0 Å². The van der Waals surface area contributed by atoms with Gasteiger partial charge in [-0.15, -0.1) is 0 Å². The lowest BCUT2D eigenvalue weighted by atomic mass is 10.1. The number of nitrogens with zero attached hydrogens (tertiary/aromatic N) is 1. The van der Waals surface area contributed by atoms with E-state index in [0.29, 0.717) is 11.1 Å². The molecule has 2 atom stereocenters. The molecule has 0 saturated carbocycles. The highest BCUT2D eigenvalue weighted by Crippen LogP contribution is 2.29. The van der Waals surface area contributed by atoms with Gasteiger partial charge in [0.15, 0.2) is 0 Å². The summed E-state index contributed by atoms with van der Waals surface area (Å²) < 4.78 is 55.9. The molecule has 0 bridgehead atoms. The lowest BCUT2D eigenvalue weighted by molar-refractivity contribution is -0.144. The summed E-state index contributed by atoms with van der Waals surface area (Å²) in [6.07, 6.45) is -2.85. The van der Waals surface area contributed by atoms with Gasteiger partial charge in [-0.3, -0.25) is 18.6 Å². The molecule has 1 amide bonds. The molecule has 0 aromatic heterocycles. The number of carbonyl (C=O) groups excluding carboxylic acids is 2. The van der Waals surface area contributed by atoms with Crippen molar-refractivity contribution in [2.45, 2.75) is 31.0 Å². The molecule has 0 saturated heterocycles. The fourth-order valence-electron chi connectivity index (χ4n) is 3.48. The van der Waals surface area contributed by atoms with Crippen molar-refractivity contribution < 1.29 is 36.5 Å². The summed E-state index contributed by atoms with van der Waals surface area (Å²) in [5, 5.41) is 0.156. The first-order chi connectivity index (χ1) is 17.6. The SMILES string of the molecule is CON(Cc1ccc(C(F)(F)F)cc1)C(=O)c1ccc(CC(C(=O)OCc2ccccc2)S(C)=O)cc1. The Bertz CT molecular complexity index is 1220. The number of hydrogen-bond acceptors (Lipinski definition) is 5. The fourth-order valence-corrected chi connectivity index (χ4v) is 4.25. The van der Waals surface area contributed by atoms with Gasteiger partial charge in [0.2, 0.25) is 0 Å². The standard InChI is InChI=1S/C27H26F3NO5S/c1-35-31(17-20-10-14-23(15-11-20)27(28,29)30)25(32)22-12-8-19(9-13-22)16-24(37(2)34)26(33)36-18-21-6-4-3-5-7-21/h3-15,24H,16-18H2,1-2H3. The molecule has 6 nitrogen and oxygen atoms in total. The van der Waals surface area contributed by atoms with Crippen LogP contribution in [-0.4, -0.2) is 39.8 Å². The molecule has 3 aromatic rings. The van der Waals surface area contributed by atoms with Crippen molar-refractivity contribution in [2.24, 2.45) is 0 Å². The van der Waals surface area contributed by atoms with Gasteiger partial charge in [0.1, 0.15) is 11.9 Å².